The molecule has 0 aliphatic carbocycles. The van der Waals surface area contributed by atoms with Gasteiger partial charge in [-0.05, 0) is 48.7 Å². The van der Waals surface area contributed by atoms with Crippen LogP contribution in [0.2, 0.25) is 0 Å². The topological polar surface area (TPSA) is 105 Å². The number of hydrogen-bond donors (Lipinski definition) is 1. The molecule has 1 amide bonds. The Labute approximate surface area is 210 Å². The van der Waals surface area contributed by atoms with Crippen molar-refractivity contribution in [1.82, 2.24) is 9.97 Å². The molecule has 36 heavy (non-hydrogen) atoms. The molecule has 0 saturated carbocycles. The van der Waals surface area contributed by atoms with Gasteiger partial charge in [-0.1, -0.05) is 48.9 Å². The molecule has 4 aromatic rings. The van der Waals surface area contributed by atoms with E-state index >= 15 is 0 Å². The van der Waals surface area contributed by atoms with Gasteiger partial charge in [0.05, 0.1) is 24.7 Å². The molecule has 2 heterocycles. The highest BCUT2D eigenvalue weighted by Gasteiger charge is 2.24. The average Bonchev–Trinajstić information content (AvgIpc) is 3.38. The fraction of sp³-hybridized carbons (Fsp3) is 0.222. The molecule has 0 spiro atoms. The van der Waals surface area contributed by atoms with E-state index in [0.717, 1.165) is 29.4 Å². The van der Waals surface area contributed by atoms with Crippen LogP contribution in [-0.4, -0.2) is 30.5 Å². The Morgan fingerprint density at radius 3 is 2.31 bits per heavy atom. The number of furan rings is 1. The number of hydrogen-bond acceptors (Lipinski definition) is 7. The minimum absolute atomic E-state index is 0.0383. The van der Waals surface area contributed by atoms with Crippen molar-refractivity contribution in [3.8, 4) is 0 Å². The molecule has 0 atom stereocenters. The largest absolute Gasteiger partial charge is 0.467 e. The highest BCUT2D eigenvalue weighted by Crippen LogP contribution is 2.25. The van der Waals surface area contributed by atoms with Crippen molar-refractivity contribution in [2.45, 2.75) is 38.5 Å². The predicted molar refractivity (Wildman–Crippen MR) is 139 cm³/mol. The first-order valence-electron chi connectivity index (χ1n) is 11.5. The molecule has 0 aliphatic heterocycles. The van der Waals surface area contributed by atoms with Crippen molar-refractivity contribution in [2.75, 3.05) is 16.5 Å². The summed E-state index contributed by atoms with van der Waals surface area (Å²) in [5.41, 5.74) is 4.20. The molecule has 2 aromatic carbocycles. The van der Waals surface area contributed by atoms with Gasteiger partial charge in [-0.3, -0.25) is 4.79 Å². The lowest BCUT2D eigenvalue weighted by atomic mass is 10.1. The van der Waals surface area contributed by atoms with Gasteiger partial charge in [-0.2, -0.15) is 0 Å². The van der Waals surface area contributed by atoms with Crippen molar-refractivity contribution >= 4 is 27.1 Å². The van der Waals surface area contributed by atoms with Crippen molar-refractivity contribution in [2.24, 2.45) is 0 Å². The van der Waals surface area contributed by atoms with Crippen LogP contribution in [-0.2, 0) is 29.3 Å². The van der Waals surface area contributed by atoms with E-state index in [1.54, 1.807) is 12.3 Å². The highest BCUT2D eigenvalue weighted by molar-refractivity contribution is 7.90. The van der Waals surface area contributed by atoms with Gasteiger partial charge < -0.3 is 14.6 Å². The second-order valence-corrected chi connectivity index (χ2v) is 10.5. The Morgan fingerprint density at radius 1 is 1.00 bits per heavy atom. The van der Waals surface area contributed by atoms with Crippen LogP contribution in [0, 0.1) is 6.92 Å². The van der Waals surface area contributed by atoms with Crippen LogP contribution >= 0.6 is 0 Å². The zero-order valence-electron chi connectivity index (χ0n) is 20.4. The van der Waals surface area contributed by atoms with E-state index in [-0.39, 0.29) is 5.69 Å². The van der Waals surface area contributed by atoms with Gasteiger partial charge in [0.15, 0.2) is 5.69 Å². The summed E-state index contributed by atoms with van der Waals surface area (Å²) in [6.07, 6.45) is 4.86. The van der Waals surface area contributed by atoms with E-state index in [9.17, 15) is 13.2 Å². The molecular formula is C27H28N4O4S. The third kappa shape index (κ3) is 6.17. The summed E-state index contributed by atoms with van der Waals surface area (Å²) in [6, 6.07) is 19.1. The summed E-state index contributed by atoms with van der Waals surface area (Å²) >= 11 is 0. The summed E-state index contributed by atoms with van der Waals surface area (Å²) < 4.78 is 30.0. The van der Waals surface area contributed by atoms with Crippen LogP contribution < -0.4 is 10.2 Å². The standard InChI is InChI=1S/C27H28N4O4S/c1-4-20-11-13-22(14-12-20)29-26(32)25-24(16-28-27(30-25)36(3,33)34)31(18-23-6-5-15-35-23)17-21-9-7-19(2)8-10-21/h5-16H,4,17-18H2,1-3H3,(H,29,32). The number of aromatic nitrogens is 2. The summed E-state index contributed by atoms with van der Waals surface area (Å²) in [5.74, 6) is 0.144. The number of nitrogens with zero attached hydrogens (tertiary/aromatic N) is 3. The van der Waals surface area contributed by atoms with Crippen molar-refractivity contribution in [3.63, 3.8) is 0 Å². The Kier molecular flexibility index (Phi) is 7.49. The van der Waals surface area contributed by atoms with Gasteiger partial charge in [0.25, 0.3) is 5.91 Å². The van der Waals surface area contributed by atoms with Gasteiger partial charge in [0, 0.05) is 18.5 Å². The molecule has 0 aliphatic rings. The third-order valence-corrected chi connectivity index (χ3v) is 6.54. The fourth-order valence-electron chi connectivity index (χ4n) is 3.68. The first-order chi connectivity index (χ1) is 17.2. The number of rotatable bonds is 9. The number of amides is 1. The quantitative estimate of drug-likeness (QED) is 0.326. The third-order valence-electron chi connectivity index (χ3n) is 5.68. The van der Waals surface area contributed by atoms with Gasteiger partial charge in [0.1, 0.15) is 5.76 Å². The van der Waals surface area contributed by atoms with E-state index < -0.39 is 20.9 Å². The van der Waals surface area contributed by atoms with E-state index in [2.05, 4.69) is 22.2 Å². The Hall–Kier alpha value is -3.98. The molecule has 2 aromatic heterocycles. The molecule has 4 rings (SSSR count). The fourth-order valence-corrected chi connectivity index (χ4v) is 4.18. The van der Waals surface area contributed by atoms with Gasteiger partial charge in [-0.25, -0.2) is 18.4 Å². The summed E-state index contributed by atoms with van der Waals surface area (Å²) in [7, 11) is -3.74. The minimum Gasteiger partial charge on any atom is -0.467 e. The van der Waals surface area contributed by atoms with E-state index in [1.807, 2.05) is 66.4 Å². The van der Waals surface area contributed by atoms with Gasteiger partial charge in [-0.15, -0.1) is 0 Å². The normalized spacial score (nSPS) is 11.3. The smallest absolute Gasteiger partial charge is 0.276 e. The lowest BCUT2D eigenvalue weighted by molar-refractivity contribution is 0.102. The molecule has 0 unspecified atom stereocenters. The van der Waals surface area contributed by atoms with Crippen LogP contribution in [0.4, 0.5) is 11.4 Å². The number of aryl methyl sites for hydroxylation is 2. The molecule has 0 bridgehead atoms. The maximum Gasteiger partial charge on any atom is 0.276 e. The molecule has 0 radical (unpaired) electrons. The van der Waals surface area contributed by atoms with Crippen molar-refractivity contribution in [3.05, 3.63) is 101 Å². The zero-order chi connectivity index (χ0) is 25.7. The average molecular weight is 505 g/mol. The first-order valence-corrected chi connectivity index (χ1v) is 13.4. The molecule has 0 saturated heterocycles. The van der Waals surface area contributed by atoms with Crippen molar-refractivity contribution < 1.29 is 17.6 Å². The molecular weight excluding hydrogens is 476 g/mol. The van der Waals surface area contributed by atoms with Crippen LogP contribution in [0.25, 0.3) is 0 Å². The number of benzene rings is 2. The first kappa shape index (κ1) is 25.1. The second kappa shape index (κ2) is 10.7. The zero-order valence-corrected chi connectivity index (χ0v) is 21.2. The lowest BCUT2D eigenvalue weighted by Crippen LogP contribution is -2.27. The molecule has 9 heteroatoms. The Bertz CT molecular complexity index is 1430. The minimum atomic E-state index is -3.74. The van der Waals surface area contributed by atoms with E-state index in [1.165, 1.54) is 6.20 Å². The van der Waals surface area contributed by atoms with E-state index in [4.69, 9.17) is 4.42 Å². The monoisotopic (exact) mass is 504 g/mol. The predicted octanol–water partition coefficient (Wildman–Crippen LogP) is 4.80. The summed E-state index contributed by atoms with van der Waals surface area (Å²) in [4.78, 5) is 23.6. The van der Waals surface area contributed by atoms with Crippen molar-refractivity contribution in [1.29, 1.82) is 0 Å². The number of carbonyl (C=O) groups excluding carboxylic acids is 1. The van der Waals surface area contributed by atoms with Gasteiger partial charge >= 0.3 is 0 Å². The molecule has 8 nitrogen and oxygen atoms in total. The summed E-state index contributed by atoms with van der Waals surface area (Å²) in [5, 5.41) is 2.43. The number of sulfone groups is 1. The molecule has 1 N–H and O–H groups in total. The SMILES string of the molecule is CCc1ccc(NC(=O)c2nc(S(C)(=O)=O)ncc2N(Cc2ccc(C)cc2)Cc2ccco2)cc1. The lowest BCUT2D eigenvalue weighted by Gasteiger charge is -2.25. The maximum absolute atomic E-state index is 13.4. The van der Waals surface area contributed by atoms with Crippen LogP contribution in [0.3, 0.4) is 0 Å². The van der Waals surface area contributed by atoms with Crippen LogP contribution in [0.1, 0.15) is 39.9 Å². The Morgan fingerprint density at radius 2 is 1.69 bits per heavy atom. The highest BCUT2D eigenvalue weighted by atomic mass is 32.2. The maximum atomic E-state index is 13.4. The van der Waals surface area contributed by atoms with E-state index in [0.29, 0.717) is 30.2 Å². The molecule has 0 fully saturated rings. The number of anilines is 2. The number of nitrogens with one attached hydrogen (secondary N) is 1. The Balaban J connectivity index is 1.75. The van der Waals surface area contributed by atoms with Gasteiger partial charge in [0.2, 0.25) is 15.0 Å². The second-order valence-electron chi connectivity index (χ2n) is 8.58. The summed E-state index contributed by atoms with van der Waals surface area (Å²) in [6.45, 7) is 4.81. The number of carbonyl (C=O) groups is 1. The van der Waals surface area contributed by atoms with Crippen LogP contribution in [0.15, 0.2) is 82.7 Å². The van der Waals surface area contributed by atoms with Crippen LogP contribution in [0.5, 0.6) is 0 Å². The molecule has 186 valence electrons.